The van der Waals surface area contributed by atoms with Crippen molar-refractivity contribution in [3.63, 3.8) is 0 Å². The molecule has 0 radical (unpaired) electrons. The number of benzene rings is 12. The van der Waals surface area contributed by atoms with E-state index < -0.39 is 15.8 Å². The van der Waals surface area contributed by atoms with E-state index in [1.165, 1.54) is 31.8 Å². The van der Waals surface area contributed by atoms with Gasteiger partial charge in [-0.25, -0.2) is 0 Å². The van der Waals surface area contributed by atoms with Gasteiger partial charge in [-0.2, -0.15) is 0 Å². The zero-order valence-corrected chi connectivity index (χ0v) is 49.8. The van der Waals surface area contributed by atoms with Gasteiger partial charge in [-0.05, 0) is 110 Å². The van der Waals surface area contributed by atoms with Crippen LogP contribution < -0.4 is 50.8 Å². The van der Waals surface area contributed by atoms with Crippen LogP contribution in [-0.4, -0.2) is 0 Å². The lowest BCUT2D eigenvalue weighted by Gasteiger charge is -2.33. The summed E-state index contributed by atoms with van der Waals surface area (Å²) in [6, 6.07) is 110. The standard InChI is InChI=1S/C80H66O4P2/c1-9-28-59(29-10-1)55-81-76-63-36-25-37-64(76)51-66-39-27-41-68(78(66)83-57-61-32-13-3-14-33-61)53-74-79(84-58-62-34-15-4-16-35-62)69(52-67-40-26-38-65(50-63)77(67)82-56-60-30-11-2-12-31-60)54-75(85(70-42-17-5-18-43-70)71-44-19-6-20-45-71)80(74)86(72-46-21-7-22-47-72)73-48-23-8-24-49-73/h1-49,54H,50-53,55-58H2. The van der Waals surface area contributed by atoms with Crippen molar-refractivity contribution in [2.75, 3.05) is 0 Å². The molecule has 0 saturated heterocycles. The van der Waals surface area contributed by atoms with E-state index in [9.17, 15) is 0 Å². The first-order valence-corrected chi connectivity index (χ1v) is 32.3. The Morgan fingerprint density at radius 1 is 0.233 bits per heavy atom. The van der Waals surface area contributed by atoms with E-state index in [1.807, 2.05) is 0 Å². The second-order valence-electron chi connectivity index (χ2n) is 21.7. The third-order valence-corrected chi connectivity index (χ3v) is 21.1. The Hall–Kier alpha value is -9.30. The monoisotopic (exact) mass is 1150 g/mol. The quantitative estimate of drug-likeness (QED) is 0.0803. The Balaban J connectivity index is 1.14. The molecule has 6 heteroatoms. The molecule has 0 amide bonds. The molecule has 0 aromatic heterocycles. The minimum absolute atomic E-state index is 0.371. The van der Waals surface area contributed by atoms with Gasteiger partial charge < -0.3 is 18.9 Å². The molecule has 0 heterocycles. The number of para-hydroxylation sites is 3. The van der Waals surface area contributed by atoms with E-state index in [-0.39, 0.29) is 0 Å². The summed E-state index contributed by atoms with van der Waals surface area (Å²) in [7, 11) is -2.46. The van der Waals surface area contributed by atoms with Gasteiger partial charge in [0.1, 0.15) is 49.4 Å². The Labute approximate surface area is 508 Å². The molecule has 12 aromatic carbocycles. The van der Waals surface area contributed by atoms with Crippen LogP contribution in [0.3, 0.4) is 0 Å². The number of ether oxygens (including phenoxy) is 4. The first kappa shape index (κ1) is 55.9. The molecule has 0 unspecified atom stereocenters. The number of fused-ring (bicyclic) bond motifs is 8. The lowest BCUT2D eigenvalue weighted by Crippen LogP contribution is -2.38. The van der Waals surface area contributed by atoms with Gasteiger partial charge in [0.05, 0.1) is 0 Å². The lowest BCUT2D eigenvalue weighted by molar-refractivity contribution is 0.293. The minimum Gasteiger partial charge on any atom is -0.488 e. The van der Waals surface area contributed by atoms with Crippen LogP contribution in [0.15, 0.2) is 303 Å². The molecule has 1 aliphatic rings. The molecule has 0 atom stereocenters. The van der Waals surface area contributed by atoms with Crippen molar-refractivity contribution in [2.24, 2.45) is 0 Å². The fourth-order valence-electron chi connectivity index (χ4n) is 11.8. The maximum Gasteiger partial charge on any atom is 0.127 e. The fourth-order valence-corrected chi connectivity index (χ4v) is 17.3. The van der Waals surface area contributed by atoms with Gasteiger partial charge in [-0.3, -0.25) is 0 Å². The maximum absolute atomic E-state index is 7.72. The van der Waals surface area contributed by atoms with E-state index in [1.54, 1.807) is 0 Å². The van der Waals surface area contributed by atoms with E-state index in [0.717, 1.165) is 89.8 Å². The van der Waals surface area contributed by atoms with Crippen molar-refractivity contribution in [2.45, 2.75) is 52.1 Å². The van der Waals surface area contributed by atoms with E-state index in [2.05, 4.69) is 303 Å². The second kappa shape index (κ2) is 27.2. The van der Waals surface area contributed by atoms with Crippen LogP contribution in [0.25, 0.3) is 0 Å². The third-order valence-electron chi connectivity index (χ3n) is 15.9. The van der Waals surface area contributed by atoms with Crippen molar-refractivity contribution < 1.29 is 18.9 Å². The van der Waals surface area contributed by atoms with Gasteiger partial charge in [0, 0.05) is 36.6 Å². The molecular formula is C80H66O4P2. The van der Waals surface area contributed by atoms with E-state index in [0.29, 0.717) is 52.1 Å². The lowest BCUT2D eigenvalue weighted by atomic mass is 9.91. The smallest absolute Gasteiger partial charge is 0.127 e. The molecule has 0 fully saturated rings. The average molecular weight is 1150 g/mol. The van der Waals surface area contributed by atoms with Gasteiger partial charge in [-0.15, -0.1) is 0 Å². The van der Waals surface area contributed by atoms with Crippen LogP contribution >= 0.6 is 15.8 Å². The van der Waals surface area contributed by atoms with Crippen LogP contribution in [0.2, 0.25) is 0 Å². The van der Waals surface area contributed by atoms with Crippen molar-refractivity contribution in [3.8, 4) is 23.0 Å². The minimum atomic E-state index is -1.26. The van der Waals surface area contributed by atoms with Crippen LogP contribution in [0.4, 0.5) is 0 Å². The second-order valence-corrected chi connectivity index (χ2v) is 26.1. The zero-order chi connectivity index (χ0) is 57.7. The number of hydrogen-bond donors (Lipinski definition) is 0. The fraction of sp³-hybridized carbons (Fsp3) is 0.100. The van der Waals surface area contributed by atoms with Crippen molar-refractivity contribution >= 4 is 47.7 Å². The third kappa shape index (κ3) is 13.0. The van der Waals surface area contributed by atoms with Crippen LogP contribution in [0.5, 0.6) is 23.0 Å². The highest BCUT2D eigenvalue weighted by molar-refractivity contribution is 7.85. The summed E-state index contributed by atoms with van der Waals surface area (Å²) in [5.74, 6) is 3.50. The van der Waals surface area contributed by atoms with Crippen LogP contribution in [-0.2, 0) is 52.1 Å². The molecular weight excluding hydrogens is 1090 g/mol. The van der Waals surface area contributed by atoms with Crippen LogP contribution in [0, 0.1) is 0 Å². The van der Waals surface area contributed by atoms with Crippen molar-refractivity contribution in [1.82, 2.24) is 0 Å². The molecule has 420 valence electrons. The first-order valence-electron chi connectivity index (χ1n) is 29.7. The Morgan fingerprint density at radius 3 is 0.802 bits per heavy atom. The highest BCUT2D eigenvalue weighted by Crippen LogP contribution is 2.46. The van der Waals surface area contributed by atoms with Gasteiger partial charge in [0.25, 0.3) is 0 Å². The Morgan fingerprint density at radius 2 is 0.488 bits per heavy atom. The summed E-state index contributed by atoms with van der Waals surface area (Å²) in [4.78, 5) is 0. The molecule has 0 N–H and O–H groups in total. The van der Waals surface area contributed by atoms with E-state index >= 15 is 0 Å². The molecule has 13 rings (SSSR count). The van der Waals surface area contributed by atoms with Crippen LogP contribution in [0.1, 0.15) is 66.8 Å². The number of rotatable bonds is 18. The summed E-state index contributed by atoms with van der Waals surface area (Å²) < 4.78 is 29.5. The summed E-state index contributed by atoms with van der Waals surface area (Å²) in [6.45, 7) is 1.59. The molecule has 1 aliphatic carbocycles. The zero-order valence-electron chi connectivity index (χ0n) is 48.1. The predicted molar refractivity (Wildman–Crippen MR) is 358 cm³/mol. The average Bonchev–Trinajstić information content (AvgIpc) is 1.57. The van der Waals surface area contributed by atoms with Gasteiger partial charge in [0.15, 0.2) is 0 Å². The molecule has 0 spiro atoms. The summed E-state index contributed by atoms with van der Waals surface area (Å²) >= 11 is 0. The predicted octanol–water partition coefficient (Wildman–Crippen LogP) is 16.2. The SMILES string of the molecule is c1ccc(COc2c3cccc2Cc2cccc(c2OCc2ccccc2)Cc2c(OCc4ccccc4)c(cc(P(c4ccccc4)c4ccccc4)c2P(c2ccccc2)c2ccccc2)Cc2cccc(c2OCc2ccccc2)C3)cc1. The highest BCUT2D eigenvalue weighted by atomic mass is 31.1. The van der Waals surface area contributed by atoms with E-state index in [4.69, 9.17) is 18.9 Å². The summed E-state index contributed by atoms with van der Waals surface area (Å²) in [5, 5.41) is 7.67. The molecule has 4 nitrogen and oxygen atoms in total. The Kier molecular flexibility index (Phi) is 17.6. The van der Waals surface area contributed by atoms with Crippen molar-refractivity contribution in [1.29, 1.82) is 0 Å². The molecule has 8 bridgehead atoms. The molecule has 86 heavy (non-hydrogen) atoms. The Bertz CT molecular complexity index is 4070. The van der Waals surface area contributed by atoms with Crippen molar-refractivity contribution in [3.05, 3.63) is 370 Å². The highest BCUT2D eigenvalue weighted by Gasteiger charge is 2.34. The van der Waals surface area contributed by atoms with Gasteiger partial charge in [0.2, 0.25) is 0 Å². The summed E-state index contributed by atoms with van der Waals surface area (Å²) in [6.07, 6.45) is 2.18. The topological polar surface area (TPSA) is 36.9 Å². The molecule has 12 aromatic rings. The number of hydrogen-bond acceptors (Lipinski definition) is 4. The largest absolute Gasteiger partial charge is 0.488 e. The summed E-state index contributed by atoms with van der Waals surface area (Å²) in [5.41, 5.74) is 13.1. The molecule has 0 saturated carbocycles. The molecule has 0 aliphatic heterocycles. The normalized spacial score (nSPS) is 11.9. The first-order chi connectivity index (χ1) is 42.7. The van der Waals surface area contributed by atoms with Gasteiger partial charge in [-0.1, -0.05) is 297 Å². The van der Waals surface area contributed by atoms with Gasteiger partial charge >= 0.3 is 0 Å². The maximum atomic E-state index is 7.72.